The fraction of sp³-hybridized carbons (Fsp3) is 0.125. The number of nitro groups is 1. The topological polar surface area (TPSA) is 88.5 Å². The smallest absolute Gasteiger partial charge is 0.310 e. The fourth-order valence-corrected chi connectivity index (χ4v) is 3.68. The van der Waals surface area contributed by atoms with E-state index >= 15 is 0 Å². The summed E-state index contributed by atoms with van der Waals surface area (Å²) in [6, 6.07) is 23.3. The maximum atomic E-state index is 13.1. The molecule has 31 heavy (non-hydrogen) atoms. The van der Waals surface area contributed by atoms with Crippen LogP contribution in [0.4, 0.5) is 5.69 Å². The molecule has 3 aromatic carbocycles. The number of nitrogens with one attached hydrogen (secondary N) is 1. The van der Waals surface area contributed by atoms with Gasteiger partial charge in [-0.3, -0.25) is 14.9 Å². The highest BCUT2D eigenvalue weighted by Gasteiger charge is 2.26. The van der Waals surface area contributed by atoms with Crippen LogP contribution in [0, 0.1) is 10.1 Å². The number of rotatable bonds is 7. The Morgan fingerprint density at radius 2 is 1.71 bits per heavy atom. The van der Waals surface area contributed by atoms with Crippen molar-refractivity contribution in [1.82, 2.24) is 9.88 Å². The lowest BCUT2D eigenvalue weighted by Gasteiger charge is -2.28. The quantitative estimate of drug-likeness (QED) is 0.350. The molecule has 0 saturated carbocycles. The second-order valence-electron chi connectivity index (χ2n) is 7.12. The van der Waals surface area contributed by atoms with E-state index in [1.165, 1.54) is 12.1 Å². The number of nitrogens with zero attached hydrogens (tertiary/aromatic N) is 2. The first kappa shape index (κ1) is 20.2. The largest absolute Gasteiger partial charge is 0.477 e. The molecule has 0 saturated heterocycles. The van der Waals surface area contributed by atoms with Crippen LogP contribution in [0.25, 0.3) is 10.9 Å². The van der Waals surface area contributed by atoms with Gasteiger partial charge in [-0.15, -0.1) is 0 Å². The zero-order valence-electron chi connectivity index (χ0n) is 16.9. The van der Waals surface area contributed by atoms with Crippen molar-refractivity contribution in [1.29, 1.82) is 0 Å². The van der Waals surface area contributed by atoms with Crippen LogP contribution < -0.4 is 4.74 Å². The van der Waals surface area contributed by atoms with Crippen LogP contribution in [-0.2, 0) is 4.79 Å². The maximum Gasteiger partial charge on any atom is 0.310 e. The van der Waals surface area contributed by atoms with E-state index in [2.05, 4.69) is 4.98 Å². The molecule has 7 nitrogen and oxygen atoms in total. The van der Waals surface area contributed by atoms with Crippen molar-refractivity contribution in [2.24, 2.45) is 0 Å². The molecule has 4 rings (SSSR count). The number of para-hydroxylation sites is 3. The molecule has 1 aromatic heterocycles. The molecular formula is C24H21N3O4. The van der Waals surface area contributed by atoms with Gasteiger partial charge < -0.3 is 14.6 Å². The van der Waals surface area contributed by atoms with E-state index in [1.807, 2.05) is 60.8 Å². The molecule has 0 aliphatic rings. The number of carbonyl (C=O) groups is 1. The van der Waals surface area contributed by atoms with Crippen molar-refractivity contribution in [2.45, 2.75) is 6.04 Å². The molecule has 1 N–H and O–H groups in total. The number of hydrogen-bond acceptors (Lipinski definition) is 4. The van der Waals surface area contributed by atoms with Gasteiger partial charge in [0, 0.05) is 35.8 Å². The summed E-state index contributed by atoms with van der Waals surface area (Å²) in [7, 11) is 1.71. The monoisotopic (exact) mass is 415 g/mol. The standard InChI is InChI=1S/C24H21N3O4/c1-26(23(28)16-31-22-14-8-7-13-21(22)27(29)30)24(17-9-3-2-4-10-17)19-15-25-20-12-6-5-11-18(19)20/h2-15,24-25H,16H2,1H3. The molecule has 0 bridgehead atoms. The van der Waals surface area contributed by atoms with Crippen molar-refractivity contribution in [2.75, 3.05) is 13.7 Å². The zero-order valence-corrected chi connectivity index (χ0v) is 16.9. The second kappa shape index (κ2) is 8.71. The summed E-state index contributed by atoms with van der Waals surface area (Å²) in [5.74, 6) is -0.227. The van der Waals surface area contributed by atoms with E-state index in [-0.39, 0.29) is 30.0 Å². The van der Waals surface area contributed by atoms with Crippen molar-refractivity contribution < 1.29 is 14.5 Å². The summed E-state index contributed by atoms with van der Waals surface area (Å²) < 4.78 is 5.53. The van der Waals surface area contributed by atoms with Crippen molar-refractivity contribution in [3.63, 3.8) is 0 Å². The summed E-state index contributed by atoms with van der Waals surface area (Å²) in [4.78, 5) is 28.6. The van der Waals surface area contributed by atoms with Gasteiger partial charge in [0.1, 0.15) is 0 Å². The number of hydrogen-bond donors (Lipinski definition) is 1. The third-order valence-corrected chi connectivity index (χ3v) is 5.22. The van der Waals surface area contributed by atoms with Gasteiger partial charge in [-0.2, -0.15) is 0 Å². The van der Waals surface area contributed by atoms with Gasteiger partial charge in [0.25, 0.3) is 5.91 Å². The van der Waals surface area contributed by atoms with Crippen molar-refractivity contribution in [3.05, 3.63) is 106 Å². The zero-order chi connectivity index (χ0) is 21.8. The number of aromatic amines is 1. The Hall–Kier alpha value is -4.13. The van der Waals surface area contributed by atoms with E-state index in [1.54, 1.807) is 24.1 Å². The first-order valence-corrected chi connectivity index (χ1v) is 9.79. The molecule has 1 unspecified atom stereocenters. The minimum Gasteiger partial charge on any atom is -0.477 e. The number of aromatic nitrogens is 1. The van der Waals surface area contributed by atoms with E-state index in [9.17, 15) is 14.9 Å². The van der Waals surface area contributed by atoms with Crippen LogP contribution >= 0.6 is 0 Å². The maximum absolute atomic E-state index is 13.1. The van der Waals surface area contributed by atoms with E-state index in [0.717, 1.165) is 22.0 Å². The Morgan fingerprint density at radius 3 is 2.48 bits per heavy atom. The predicted molar refractivity (Wildman–Crippen MR) is 118 cm³/mol. The Kier molecular flexibility index (Phi) is 5.66. The van der Waals surface area contributed by atoms with Gasteiger partial charge in [-0.05, 0) is 17.7 Å². The van der Waals surface area contributed by atoms with E-state index in [0.29, 0.717) is 0 Å². The van der Waals surface area contributed by atoms with Crippen LogP contribution in [0.5, 0.6) is 5.75 Å². The first-order valence-electron chi connectivity index (χ1n) is 9.79. The van der Waals surface area contributed by atoms with Gasteiger partial charge in [-0.25, -0.2) is 0 Å². The minimum absolute atomic E-state index is 0.0672. The summed E-state index contributed by atoms with van der Waals surface area (Å²) >= 11 is 0. The van der Waals surface area contributed by atoms with Gasteiger partial charge >= 0.3 is 5.69 Å². The minimum atomic E-state index is -0.526. The highest BCUT2D eigenvalue weighted by molar-refractivity contribution is 5.85. The first-order chi connectivity index (χ1) is 15.1. The molecule has 7 heteroatoms. The molecule has 0 radical (unpaired) electrons. The third kappa shape index (κ3) is 4.11. The molecule has 4 aromatic rings. The average Bonchev–Trinajstić information content (AvgIpc) is 3.22. The number of fused-ring (bicyclic) bond motifs is 1. The van der Waals surface area contributed by atoms with Crippen LogP contribution in [0.1, 0.15) is 17.2 Å². The van der Waals surface area contributed by atoms with E-state index < -0.39 is 4.92 Å². The molecule has 1 heterocycles. The highest BCUT2D eigenvalue weighted by atomic mass is 16.6. The Balaban J connectivity index is 1.63. The van der Waals surface area contributed by atoms with Crippen LogP contribution in [0.3, 0.4) is 0 Å². The predicted octanol–water partition coefficient (Wildman–Crippen LogP) is 4.70. The molecule has 0 fully saturated rings. The van der Waals surface area contributed by atoms with Crippen molar-refractivity contribution >= 4 is 22.5 Å². The van der Waals surface area contributed by atoms with Crippen LogP contribution in [-0.4, -0.2) is 34.4 Å². The van der Waals surface area contributed by atoms with Gasteiger partial charge in [-0.1, -0.05) is 60.7 Å². The highest BCUT2D eigenvalue weighted by Crippen LogP contribution is 2.33. The number of carbonyl (C=O) groups excluding carboxylic acids is 1. The molecule has 0 spiro atoms. The van der Waals surface area contributed by atoms with Gasteiger partial charge in [0.2, 0.25) is 0 Å². The van der Waals surface area contributed by atoms with Crippen molar-refractivity contribution in [3.8, 4) is 5.75 Å². The summed E-state index contributed by atoms with van der Waals surface area (Å²) in [6.07, 6.45) is 1.91. The Labute approximate surface area is 179 Å². The summed E-state index contributed by atoms with van der Waals surface area (Å²) in [5, 5.41) is 12.2. The summed E-state index contributed by atoms with van der Waals surface area (Å²) in [6.45, 7) is -0.312. The second-order valence-corrected chi connectivity index (χ2v) is 7.12. The van der Waals surface area contributed by atoms with Gasteiger partial charge in [0.15, 0.2) is 12.4 Å². The number of amides is 1. The fourth-order valence-electron chi connectivity index (χ4n) is 3.68. The number of ether oxygens (including phenoxy) is 1. The lowest BCUT2D eigenvalue weighted by atomic mass is 9.97. The molecule has 156 valence electrons. The SMILES string of the molecule is CN(C(=O)COc1ccccc1[N+](=O)[O-])C(c1ccccc1)c1c[nH]c2ccccc12. The number of benzene rings is 3. The molecule has 0 aliphatic carbocycles. The normalized spacial score (nSPS) is 11.8. The number of likely N-dealkylation sites (N-methyl/N-ethyl adjacent to an activating group) is 1. The molecule has 1 atom stereocenters. The Morgan fingerprint density at radius 1 is 1.03 bits per heavy atom. The summed E-state index contributed by atoms with van der Waals surface area (Å²) in [5.41, 5.74) is 2.72. The van der Waals surface area contributed by atoms with Crippen LogP contribution in [0.2, 0.25) is 0 Å². The average molecular weight is 415 g/mol. The Bertz CT molecular complexity index is 1220. The molecule has 1 amide bonds. The third-order valence-electron chi connectivity index (χ3n) is 5.22. The lowest BCUT2D eigenvalue weighted by molar-refractivity contribution is -0.385. The van der Waals surface area contributed by atoms with Crippen LogP contribution in [0.15, 0.2) is 85.1 Å². The number of H-pyrrole nitrogens is 1. The van der Waals surface area contributed by atoms with Gasteiger partial charge in [0.05, 0.1) is 11.0 Å². The molecular weight excluding hydrogens is 394 g/mol. The van der Waals surface area contributed by atoms with E-state index in [4.69, 9.17) is 4.74 Å². The number of nitro benzene ring substituents is 1. The lowest BCUT2D eigenvalue weighted by Crippen LogP contribution is -2.35. The molecule has 0 aliphatic heterocycles.